The van der Waals surface area contributed by atoms with Gasteiger partial charge in [0, 0.05) is 36.9 Å². The van der Waals surface area contributed by atoms with Crippen molar-refractivity contribution in [3.05, 3.63) is 47.9 Å². The van der Waals surface area contributed by atoms with Gasteiger partial charge in [-0.3, -0.25) is 4.90 Å². The third-order valence-corrected chi connectivity index (χ3v) is 4.28. The first kappa shape index (κ1) is 17.6. The quantitative estimate of drug-likeness (QED) is 0.841. The highest BCUT2D eigenvalue weighted by Gasteiger charge is 2.21. The second-order valence-electron chi connectivity index (χ2n) is 6.87. The van der Waals surface area contributed by atoms with Crippen LogP contribution in [0.4, 0.5) is 16.2 Å². The number of nitrogens with zero attached hydrogens (tertiary/aromatic N) is 3. The number of likely N-dealkylation sites (tertiary alicyclic amines) is 1. The van der Waals surface area contributed by atoms with Gasteiger partial charge in [0.05, 0.1) is 0 Å². The van der Waals surface area contributed by atoms with Crippen LogP contribution in [0.25, 0.3) is 0 Å². The van der Waals surface area contributed by atoms with Crippen molar-refractivity contribution in [3.8, 4) is 0 Å². The Hall–Kier alpha value is -2.21. The Morgan fingerprint density at radius 3 is 2.92 bits per heavy atom. The van der Waals surface area contributed by atoms with Gasteiger partial charge in [-0.05, 0) is 45.4 Å². The number of anilines is 2. The summed E-state index contributed by atoms with van der Waals surface area (Å²) >= 11 is 0. The smallest absolute Gasteiger partial charge is 0.224 e. The SMILES string of the molecule is CC(C)Nc1ccnc(NC2CCCN(Cc3ccccc3F)C2)n1. The van der Waals surface area contributed by atoms with Gasteiger partial charge in [0.1, 0.15) is 11.6 Å². The standard InChI is InChI=1S/C19H26FN5/c1-14(2)22-18-9-10-21-19(24-18)23-16-7-5-11-25(13-16)12-15-6-3-4-8-17(15)20/h3-4,6,8-10,14,16H,5,7,11-13H2,1-2H3,(H2,21,22,23,24). The fourth-order valence-corrected chi connectivity index (χ4v) is 3.17. The highest BCUT2D eigenvalue weighted by atomic mass is 19.1. The van der Waals surface area contributed by atoms with Crippen molar-refractivity contribution in [2.24, 2.45) is 0 Å². The molecule has 5 nitrogen and oxygen atoms in total. The van der Waals surface area contributed by atoms with Crippen LogP contribution in [-0.4, -0.2) is 40.0 Å². The molecule has 1 aromatic carbocycles. The Morgan fingerprint density at radius 2 is 2.12 bits per heavy atom. The summed E-state index contributed by atoms with van der Waals surface area (Å²) in [6.07, 6.45) is 3.91. The van der Waals surface area contributed by atoms with E-state index < -0.39 is 0 Å². The molecule has 6 heteroatoms. The van der Waals surface area contributed by atoms with E-state index in [0.717, 1.165) is 37.3 Å². The molecule has 1 fully saturated rings. The third-order valence-electron chi connectivity index (χ3n) is 4.28. The first-order chi connectivity index (χ1) is 12.1. The Morgan fingerprint density at radius 1 is 1.28 bits per heavy atom. The Kier molecular flexibility index (Phi) is 5.81. The maximum absolute atomic E-state index is 13.9. The molecule has 0 aliphatic carbocycles. The second kappa shape index (κ2) is 8.25. The van der Waals surface area contributed by atoms with Crippen LogP contribution < -0.4 is 10.6 Å². The van der Waals surface area contributed by atoms with Crippen molar-refractivity contribution in [2.75, 3.05) is 23.7 Å². The van der Waals surface area contributed by atoms with E-state index in [9.17, 15) is 4.39 Å². The van der Waals surface area contributed by atoms with Gasteiger partial charge in [0.25, 0.3) is 0 Å². The molecular weight excluding hydrogens is 317 g/mol. The van der Waals surface area contributed by atoms with E-state index >= 15 is 0 Å². The van der Waals surface area contributed by atoms with Crippen LogP contribution in [0.1, 0.15) is 32.3 Å². The Labute approximate surface area is 148 Å². The monoisotopic (exact) mass is 343 g/mol. The molecule has 3 rings (SSSR count). The van der Waals surface area contributed by atoms with Gasteiger partial charge >= 0.3 is 0 Å². The predicted molar refractivity (Wildman–Crippen MR) is 99.1 cm³/mol. The molecule has 1 saturated heterocycles. The zero-order chi connectivity index (χ0) is 17.6. The Balaban J connectivity index is 1.59. The van der Waals surface area contributed by atoms with Crippen LogP contribution in [0, 0.1) is 5.82 Å². The van der Waals surface area contributed by atoms with E-state index in [1.165, 1.54) is 6.07 Å². The highest BCUT2D eigenvalue weighted by molar-refractivity contribution is 5.40. The van der Waals surface area contributed by atoms with E-state index in [2.05, 4.69) is 39.3 Å². The molecule has 0 bridgehead atoms. The van der Waals surface area contributed by atoms with Crippen molar-refractivity contribution in [1.82, 2.24) is 14.9 Å². The molecule has 1 atom stereocenters. The van der Waals surface area contributed by atoms with Crippen LogP contribution in [0.3, 0.4) is 0 Å². The molecule has 1 aliphatic rings. The van der Waals surface area contributed by atoms with E-state index in [1.807, 2.05) is 18.2 Å². The minimum absolute atomic E-state index is 0.131. The number of aromatic nitrogens is 2. The van der Waals surface area contributed by atoms with Crippen LogP contribution in [-0.2, 0) is 6.54 Å². The molecule has 0 radical (unpaired) electrons. The minimum atomic E-state index is -0.131. The summed E-state index contributed by atoms with van der Waals surface area (Å²) < 4.78 is 13.9. The van der Waals surface area contributed by atoms with Crippen molar-refractivity contribution < 1.29 is 4.39 Å². The van der Waals surface area contributed by atoms with Crippen LogP contribution in [0.15, 0.2) is 36.5 Å². The molecule has 2 N–H and O–H groups in total. The molecular formula is C19H26FN5. The van der Waals surface area contributed by atoms with Crippen molar-refractivity contribution in [3.63, 3.8) is 0 Å². The van der Waals surface area contributed by atoms with Gasteiger partial charge in [-0.25, -0.2) is 9.37 Å². The molecule has 0 saturated carbocycles. The minimum Gasteiger partial charge on any atom is -0.368 e. The maximum atomic E-state index is 13.9. The molecule has 2 heterocycles. The summed E-state index contributed by atoms with van der Waals surface area (Å²) in [5, 5.41) is 6.71. The lowest BCUT2D eigenvalue weighted by molar-refractivity contribution is 0.206. The molecule has 2 aromatic rings. The summed E-state index contributed by atoms with van der Waals surface area (Å²) in [4.78, 5) is 11.1. The number of halogens is 1. The normalized spacial score (nSPS) is 18.3. The van der Waals surface area contributed by atoms with Gasteiger partial charge in [-0.15, -0.1) is 0 Å². The summed E-state index contributed by atoms with van der Waals surface area (Å²) in [5.74, 6) is 1.34. The number of nitrogens with one attached hydrogen (secondary N) is 2. The molecule has 1 aromatic heterocycles. The fraction of sp³-hybridized carbons (Fsp3) is 0.474. The van der Waals surface area contributed by atoms with Gasteiger partial charge in [0.2, 0.25) is 5.95 Å². The van der Waals surface area contributed by atoms with Crippen LogP contribution in [0.2, 0.25) is 0 Å². The van der Waals surface area contributed by atoms with Crippen LogP contribution >= 0.6 is 0 Å². The first-order valence-electron chi connectivity index (χ1n) is 8.92. The van der Waals surface area contributed by atoms with Gasteiger partial charge in [-0.1, -0.05) is 18.2 Å². The number of hydrogen-bond acceptors (Lipinski definition) is 5. The van der Waals surface area contributed by atoms with Crippen molar-refractivity contribution in [2.45, 2.75) is 45.3 Å². The first-order valence-corrected chi connectivity index (χ1v) is 8.92. The molecule has 0 spiro atoms. The molecule has 0 amide bonds. The second-order valence-corrected chi connectivity index (χ2v) is 6.87. The lowest BCUT2D eigenvalue weighted by Crippen LogP contribution is -2.42. The summed E-state index contributed by atoms with van der Waals surface area (Å²) in [5.41, 5.74) is 0.752. The number of piperidine rings is 1. The van der Waals surface area contributed by atoms with Crippen molar-refractivity contribution in [1.29, 1.82) is 0 Å². The fourth-order valence-electron chi connectivity index (χ4n) is 3.17. The lowest BCUT2D eigenvalue weighted by atomic mass is 10.0. The molecule has 134 valence electrons. The van der Waals surface area contributed by atoms with E-state index in [4.69, 9.17) is 0 Å². The summed E-state index contributed by atoms with van der Waals surface area (Å²) in [6, 6.07) is 9.47. The molecule has 25 heavy (non-hydrogen) atoms. The van der Waals surface area contributed by atoms with Crippen LogP contribution in [0.5, 0.6) is 0 Å². The lowest BCUT2D eigenvalue weighted by Gasteiger charge is -2.33. The molecule has 1 aliphatic heterocycles. The van der Waals surface area contributed by atoms with Crippen molar-refractivity contribution >= 4 is 11.8 Å². The van der Waals surface area contributed by atoms with Gasteiger partial charge in [-0.2, -0.15) is 4.98 Å². The maximum Gasteiger partial charge on any atom is 0.224 e. The van der Waals surface area contributed by atoms with E-state index in [0.29, 0.717) is 18.5 Å². The van der Waals surface area contributed by atoms with Gasteiger partial charge in [0.15, 0.2) is 0 Å². The van der Waals surface area contributed by atoms with Gasteiger partial charge < -0.3 is 10.6 Å². The number of rotatable bonds is 6. The number of hydrogen-bond donors (Lipinski definition) is 2. The van der Waals surface area contributed by atoms with E-state index in [-0.39, 0.29) is 11.9 Å². The Bertz CT molecular complexity index is 691. The highest BCUT2D eigenvalue weighted by Crippen LogP contribution is 2.18. The topological polar surface area (TPSA) is 53.1 Å². The average Bonchev–Trinajstić information content (AvgIpc) is 2.57. The third kappa shape index (κ3) is 5.13. The zero-order valence-corrected chi connectivity index (χ0v) is 14.9. The van der Waals surface area contributed by atoms with E-state index in [1.54, 1.807) is 12.3 Å². The number of benzene rings is 1. The largest absolute Gasteiger partial charge is 0.368 e. The summed E-state index contributed by atoms with van der Waals surface area (Å²) in [6.45, 7) is 6.65. The predicted octanol–water partition coefficient (Wildman–Crippen LogP) is 3.51. The zero-order valence-electron chi connectivity index (χ0n) is 14.9. The molecule has 1 unspecified atom stereocenters. The average molecular weight is 343 g/mol. The summed E-state index contributed by atoms with van der Waals surface area (Å²) in [7, 11) is 0.